The van der Waals surface area contributed by atoms with Gasteiger partial charge in [-0.3, -0.25) is 4.72 Å². The fourth-order valence-corrected chi connectivity index (χ4v) is 6.88. The Labute approximate surface area is 249 Å². The molecule has 4 aromatic carbocycles. The molecule has 1 fully saturated rings. The number of thioether (sulfide) groups is 1. The standard InChI is InChI=1S/C32H31NO7S2/c1-21-29(20-41-27-16-14-24(15-17-27)31(35)36)39-32(40-30(21)23-12-10-22(19-34)11-13-23)25-6-5-7-26(18-25)33-42(37,38)28-8-3-2-4-9-28/h2-18,21,29-30,32-34H,19-20H2,1H3,(H,35,36)/t21-,29+,30+,32?/m0/s1. The summed E-state index contributed by atoms with van der Waals surface area (Å²) in [6.07, 6.45) is -1.36. The van der Waals surface area contributed by atoms with Gasteiger partial charge in [-0.25, -0.2) is 13.2 Å². The number of sulfonamides is 1. The van der Waals surface area contributed by atoms with E-state index in [1.807, 2.05) is 30.3 Å². The maximum absolute atomic E-state index is 12.9. The monoisotopic (exact) mass is 605 g/mol. The summed E-state index contributed by atoms with van der Waals surface area (Å²) in [5, 5.41) is 18.7. The van der Waals surface area contributed by atoms with Crippen LogP contribution in [0.5, 0.6) is 0 Å². The quantitative estimate of drug-likeness (QED) is 0.181. The van der Waals surface area contributed by atoms with Crippen molar-refractivity contribution in [3.8, 4) is 0 Å². The molecular formula is C32H31NO7S2. The van der Waals surface area contributed by atoms with Crippen molar-refractivity contribution in [3.63, 3.8) is 0 Å². The van der Waals surface area contributed by atoms with Crippen LogP contribution in [0.25, 0.3) is 0 Å². The number of carboxylic acids is 1. The zero-order valence-electron chi connectivity index (χ0n) is 22.8. The molecule has 8 nitrogen and oxygen atoms in total. The van der Waals surface area contributed by atoms with Gasteiger partial charge in [-0.1, -0.05) is 61.5 Å². The number of aromatic carboxylic acids is 1. The summed E-state index contributed by atoms with van der Waals surface area (Å²) >= 11 is 1.56. The van der Waals surface area contributed by atoms with Crippen LogP contribution >= 0.6 is 11.8 Å². The average Bonchev–Trinajstić information content (AvgIpc) is 3.01. The number of ether oxygens (including phenoxy) is 2. The Balaban J connectivity index is 1.39. The van der Waals surface area contributed by atoms with E-state index >= 15 is 0 Å². The lowest BCUT2D eigenvalue weighted by Crippen LogP contribution is -2.38. The van der Waals surface area contributed by atoms with Gasteiger partial charge in [-0.05, 0) is 59.7 Å². The first-order valence-corrected chi connectivity index (χ1v) is 15.8. The van der Waals surface area contributed by atoms with Gasteiger partial charge >= 0.3 is 5.97 Å². The fourth-order valence-electron chi connectivity index (χ4n) is 4.74. The van der Waals surface area contributed by atoms with Crippen LogP contribution in [0.15, 0.2) is 113 Å². The molecule has 42 heavy (non-hydrogen) atoms. The number of rotatable bonds is 10. The molecule has 1 saturated heterocycles. The minimum atomic E-state index is -3.78. The minimum Gasteiger partial charge on any atom is -0.478 e. The lowest BCUT2D eigenvalue weighted by atomic mass is 9.91. The van der Waals surface area contributed by atoms with E-state index in [2.05, 4.69) is 11.6 Å². The zero-order valence-corrected chi connectivity index (χ0v) is 24.4. The molecule has 0 radical (unpaired) electrons. The highest BCUT2D eigenvalue weighted by atomic mass is 32.2. The third-order valence-corrected chi connectivity index (χ3v) is 9.60. The topological polar surface area (TPSA) is 122 Å². The Morgan fingerprint density at radius 3 is 2.26 bits per heavy atom. The highest BCUT2D eigenvalue weighted by molar-refractivity contribution is 7.99. The lowest BCUT2D eigenvalue weighted by molar-refractivity contribution is -0.268. The molecule has 3 N–H and O–H groups in total. The molecule has 0 spiro atoms. The summed E-state index contributed by atoms with van der Waals surface area (Å²) in [7, 11) is -3.78. The van der Waals surface area contributed by atoms with Gasteiger partial charge in [0, 0.05) is 27.8 Å². The van der Waals surface area contributed by atoms with E-state index in [4.69, 9.17) is 9.47 Å². The Hall–Kier alpha value is -3.67. The molecule has 0 aliphatic carbocycles. The van der Waals surface area contributed by atoms with E-state index in [1.165, 1.54) is 12.1 Å². The summed E-state index contributed by atoms with van der Waals surface area (Å²) in [6.45, 7) is 2.00. The SMILES string of the molecule is C[C@H]1[C@@H](CSc2ccc(C(=O)O)cc2)OC(c2cccc(NS(=O)(=O)c3ccccc3)c2)O[C@H]1c1ccc(CO)cc1. The van der Waals surface area contributed by atoms with Crippen molar-refractivity contribution in [3.05, 3.63) is 125 Å². The fraction of sp³-hybridized carbons (Fsp3) is 0.219. The summed E-state index contributed by atoms with van der Waals surface area (Å²) in [5.74, 6) is -0.440. The third kappa shape index (κ3) is 7.03. The van der Waals surface area contributed by atoms with Crippen molar-refractivity contribution in [1.82, 2.24) is 0 Å². The van der Waals surface area contributed by atoms with Crippen LogP contribution in [0.2, 0.25) is 0 Å². The van der Waals surface area contributed by atoms with Gasteiger partial charge in [0.1, 0.15) is 0 Å². The van der Waals surface area contributed by atoms with Gasteiger partial charge in [0.25, 0.3) is 10.0 Å². The molecule has 5 rings (SSSR count). The Morgan fingerprint density at radius 2 is 1.60 bits per heavy atom. The maximum atomic E-state index is 12.9. The van der Waals surface area contributed by atoms with E-state index in [9.17, 15) is 23.4 Å². The van der Waals surface area contributed by atoms with Gasteiger partial charge in [0.2, 0.25) is 0 Å². The number of benzene rings is 4. The van der Waals surface area contributed by atoms with Gasteiger partial charge in [-0.15, -0.1) is 11.8 Å². The number of aliphatic hydroxyl groups excluding tert-OH is 1. The molecule has 1 aliphatic rings. The summed E-state index contributed by atoms with van der Waals surface area (Å²) in [5.41, 5.74) is 3.01. The van der Waals surface area contributed by atoms with Crippen molar-refractivity contribution >= 4 is 33.4 Å². The molecule has 1 heterocycles. The Bertz CT molecular complexity index is 1610. The van der Waals surface area contributed by atoms with Crippen LogP contribution in [-0.2, 0) is 26.1 Å². The predicted octanol–water partition coefficient (Wildman–Crippen LogP) is 6.26. The smallest absolute Gasteiger partial charge is 0.335 e. The third-order valence-electron chi connectivity index (χ3n) is 7.10. The van der Waals surface area contributed by atoms with Crippen LogP contribution in [0.1, 0.15) is 46.4 Å². The largest absolute Gasteiger partial charge is 0.478 e. The number of hydrogen-bond acceptors (Lipinski definition) is 7. The Morgan fingerprint density at radius 1 is 0.881 bits per heavy atom. The van der Waals surface area contributed by atoms with E-state index in [0.717, 1.165) is 16.0 Å². The molecule has 0 saturated carbocycles. The normalized spacial score (nSPS) is 20.6. The lowest BCUT2D eigenvalue weighted by Gasteiger charge is -2.41. The van der Waals surface area contributed by atoms with Crippen molar-refractivity contribution in [2.45, 2.75) is 41.8 Å². The number of carbonyl (C=O) groups is 1. The number of carboxylic acid groups (broad SMARTS) is 1. The van der Waals surface area contributed by atoms with E-state index in [0.29, 0.717) is 17.0 Å². The van der Waals surface area contributed by atoms with Crippen LogP contribution in [-0.4, -0.2) is 36.5 Å². The van der Waals surface area contributed by atoms with E-state index in [-0.39, 0.29) is 35.2 Å². The first-order valence-electron chi connectivity index (χ1n) is 13.4. The predicted molar refractivity (Wildman–Crippen MR) is 161 cm³/mol. The summed E-state index contributed by atoms with van der Waals surface area (Å²) in [4.78, 5) is 12.3. The zero-order chi connectivity index (χ0) is 29.7. The number of hydrogen-bond donors (Lipinski definition) is 3. The number of anilines is 1. The van der Waals surface area contributed by atoms with Crippen molar-refractivity contribution in [2.24, 2.45) is 5.92 Å². The molecular weight excluding hydrogens is 574 g/mol. The number of nitrogens with one attached hydrogen (secondary N) is 1. The molecule has 10 heteroatoms. The average molecular weight is 606 g/mol. The minimum absolute atomic E-state index is 0.0493. The van der Waals surface area contributed by atoms with Crippen LogP contribution in [0.3, 0.4) is 0 Å². The summed E-state index contributed by atoms with van der Waals surface area (Å²) < 4.78 is 41.5. The van der Waals surface area contributed by atoms with Gasteiger partial charge in [0.05, 0.1) is 29.3 Å². The molecule has 0 bridgehead atoms. The van der Waals surface area contributed by atoms with E-state index in [1.54, 1.807) is 72.4 Å². The van der Waals surface area contributed by atoms with Gasteiger partial charge in [-0.2, -0.15) is 0 Å². The second-order valence-corrected chi connectivity index (χ2v) is 12.8. The van der Waals surface area contributed by atoms with Crippen molar-refractivity contribution in [2.75, 3.05) is 10.5 Å². The molecule has 0 amide bonds. The molecule has 1 unspecified atom stereocenters. The molecule has 0 aromatic heterocycles. The van der Waals surface area contributed by atoms with Crippen molar-refractivity contribution in [1.29, 1.82) is 0 Å². The second-order valence-electron chi connectivity index (χ2n) is 10.0. The van der Waals surface area contributed by atoms with Crippen molar-refractivity contribution < 1.29 is 32.9 Å². The first-order chi connectivity index (χ1) is 20.2. The van der Waals surface area contributed by atoms with Crippen LogP contribution in [0.4, 0.5) is 5.69 Å². The Kier molecular flexibility index (Phi) is 9.30. The molecule has 1 aliphatic heterocycles. The van der Waals surface area contributed by atoms with Gasteiger partial charge in [0.15, 0.2) is 6.29 Å². The summed E-state index contributed by atoms with van der Waals surface area (Å²) in [6, 6.07) is 29.5. The second kappa shape index (κ2) is 13.1. The molecule has 4 aromatic rings. The van der Waals surface area contributed by atoms with E-state index < -0.39 is 22.3 Å². The molecule has 218 valence electrons. The first kappa shape index (κ1) is 29.8. The van der Waals surface area contributed by atoms with Crippen LogP contribution < -0.4 is 4.72 Å². The van der Waals surface area contributed by atoms with Gasteiger partial charge < -0.3 is 19.7 Å². The molecule has 4 atom stereocenters. The number of aliphatic hydroxyl groups is 1. The maximum Gasteiger partial charge on any atom is 0.335 e. The van der Waals surface area contributed by atoms with Crippen LogP contribution in [0, 0.1) is 5.92 Å². The highest BCUT2D eigenvalue weighted by Crippen LogP contribution is 2.43. The highest BCUT2D eigenvalue weighted by Gasteiger charge is 2.38.